The number of Topliss-reactive ketones (excluding diaryl/α,β-unsaturated/α-hetero) is 1. The molecule has 10 heteroatoms. The Kier molecular flexibility index (Phi) is 7.35. The second-order valence-electron chi connectivity index (χ2n) is 7.87. The van der Waals surface area contributed by atoms with Gasteiger partial charge in [-0.15, -0.1) is 0 Å². The van der Waals surface area contributed by atoms with Gasteiger partial charge in [0, 0.05) is 0 Å². The minimum absolute atomic E-state index is 0.0193. The lowest BCUT2D eigenvalue weighted by Crippen LogP contribution is -2.31. The number of carbonyl (C=O) groups is 3. The summed E-state index contributed by atoms with van der Waals surface area (Å²) in [7, 11) is 0. The Balaban J connectivity index is 1.82. The number of amides is 1. The zero-order valence-corrected chi connectivity index (χ0v) is 20.5. The van der Waals surface area contributed by atoms with Gasteiger partial charge in [-0.2, -0.15) is 0 Å². The molecule has 1 aliphatic heterocycles. The van der Waals surface area contributed by atoms with Crippen LogP contribution in [0.3, 0.4) is 0 Å². The third kappa shape index (κ3) is 4.67. The smallest absolute Gasteiger partial charge is 0.350 e. The number of hydrogen-bond donors (Lipinski definition) is 1. The number of nitrogens with zero attached hydrogens (tertiary/aromatic N) is 2. The van der Waals surface area contributed by atoms with E-state index in [1.807, 2.05) is 6.92 Å². The molecule has 3 aromatic rings. The van der Waals surface area contributed by atoms with Gasteiger partial charge in [0.05, 0.1) is 30.2 Å². The van der Waals surface area contributed by atoms with Gasteiger partial charge in [-0.1, -0.05) is 43.0 Å². The van der Waals surface area contributed by atoms with Crippen LogP contribution in [0.5, 0.6) is 5.75 Å². The van der Waals surface area contributed by atoms with E-state index in [9.17, 15) is 19.5 Å². The molecule has 1 N–H and O–H groups in total. The number of benzene rings is 1. The third-order valence-electron chi connectivity index (χ3n) is 5.35. The fourth-order valence-corrected chi connectivity index (χ4v) is 4.75. The van der Waals surface area contributed by atoms with Crippen molar-refractivity contribution in [2.75, 3.05) is 18.1 Å². The van der Waals surface area contributed by atoms with Crippen molar-refractivity contribution in [1.82, 2.24) is 4.98 Å². The molecule has 1 aliphatic rings. The summed E-state index contributed by atoms with van der Waals surface area (Å²) in [6.07, 6.45) is 3.57. The maximum absolute atomic E-state index is 13.4. The van der Waals surface area contributed by atoms with E-state index < -0.39 is 29.5 Å². The summed E-state index contributed by atoms with van der Waals surface area (Å²) in [4.78, 5) is 45.0. The molecule has 0 saturated carbocycles. The summed E-state index contributed by atoms with van der Waals surface area (Å²) in [6, 6.07) is 8.87. The monoisotopic (exact) mass is 508 g/mol. The zero-order valence-electron chi connectivity index (χ0n) is 19.7. The van der Waals surface area contributed by atoms with Crippen molar-refractivity contribution < 1.29 is 33.4 Å². The molecule has 1 unspecified atom stereocenters. The van der Waals surface area contributed by atoms with Crippen LogP contribution in [0.1, 0.15) is 50.9 Å². The Morgan fingerprint density at radius 1 is 1.31 bits per heavy atom. The normalized spacial score (nSPS) is 15.3. The fraction of sp³-hybridized carbons (Fsp3) is 0.231. The molecule has 186 valence electrons. The van der Waals surface area contributed by atoms with Gasteiger partial charge < -0.3 is 19.0 Å². The predicted octanol–water partition coefficient (Wildman–Crippen LogP) is 4.96. The summed E-state index contributed by atoms with van der Waals surface area (Å²) in [5.74, 6) is -2.28. The largest absolute Gasteiger partial charge is 0.503 e. The number of furan rings is 1. The quantitative estimate of drug-likeness (QED) is 0.232. The molecule has 3 heterocycles. The molecule has 36 heavy (non-hydrogen) atoms. The lowest BCUT2D eigenvalue weighted by Gasteiger charge is -2.24. The van der Waals surface area contributed by atoms with E-state index in [-0.39, 0.29) is 27.9 Å². The summed E-state index contributed by atoms with van der Waals surface area (Å²) in [6.45, 7) is 7.62. The second-order valence-corrected chi connectivity index (χ2v) is 8.84. The van der Waals surface area contributed by atoms with Crippen molar-refractivity contribution in [3.8, 4) is 5.75 Å². The number of rotatable bonds is 10. The highest BCUT2D eigenvalue weighted by Gasteiger charge is 2.47. The number of aliphatic hydroxyl groups is 1. The van der Waals surface area contributed by atoms with Gasteiger partial charge >= 0.3 is 5.97 Å². The Morgan fingerprint density at radius 2 is 2.11 bits per heavy atom. The highest BCUT2D eigenvalue weighted by molar-refractivity contribution is 7.17. The number of hydrogen-bond acceptors (Lipinski definition) is 9. The number of aliphatic hydroxyl groups excluding tert-OH is 1. The van der Waals surface area contributed by atoms with Crippen molar-refractivity contribution >= 4 is 34.1 Å². The van der Waals surface area contributed by atoms with Crippen LogP contribution in [-0.4, -0.2) is 41.0 Å². The van der Waals surface area contributed by atoms with E-state index in [0.717, 1.165) is 17.8 Å². The topological polar surface area (TPSA) is 119 Å². The number of ether oxygens (including phenoxy) is 2. The van der Waals surface area contributed by atoms with Gasteiger partial charge in [0.25, 0.3) is 5.91 Å². The first-order chi connectivity index (χ1) is 17.4. The van der Waals surface area contributed by atoms with Crippen LogP contribution in [0.25, 0.3) is 0 Å². The van der Waals surface area contributed by atoms with Crippen LogP contribution in [0.2, 0.25) is 0 Å². The van der Waals surface area contributed by atoms with Gasteiger partial charge in [0.2, 0.25) is 5.78 Å². The van der Waals surface area contributed by atoms with Crippen LogP contribution in [0.15, 0.2) is 71.1 Å². The van der Waals surface area contributed by atoms with Gasteiger partial charge in [-0.3, -0.25) is 14.5 Å². The molecular formula is C26H24N2O7S. The van der Waals surface area contributed by atoms with Crippen LogP contribution < -0.4 is 9.64 Å². The number of ketones is 1. The molecule has 2 aromatic heterocycles. The molecule has 0 radical (unpaired) electrons. The maximum atomic E-state index is 13.4. The second kappa shape index (κ2) is 10.6. The van der Waals surface area contributed by atoms with Crippen molar-refractivity contribution in [2.24, 2.45) is 0 Å². The summed E-state index contributed by atoms with van der Waals surface area (Å²) >= 11 is 0.930. The average molecular weight is 509 g/mol. The highest BCUT2D eigenvalue weighted by Crippen LogP contribution is 2.44. The van der Waals surface area contributed by atoms with Crippen molar-refractivity contribution in [3.05, 3.63) is 88.5 Å². The van der Waals surface area contributed by atoms with Crippen LogP contribution >= 0.6 is 11.3 Å². The molecule has 1 atom stereocenters. The first-order valence-corrected chi connectivity index (χ1v) is 12.0. The SMILES string of the molecule is C=CCOC(=O)c1sc(N2C(=O)C(O)=C(C(=O)c3ccco3)C2c2cccc(OCCC)c2)nc1C. The van der Waals surface area contributed by atoms with Crippen LogP contribution in [0.4, 0.5) is 5.13 Å². The first kappa shape index (κ1) is 24.9. The molecule has 1 aromatic carbocycles. The lowest BCUT2D eigenvalue weighted by molar-refractivity contribution is -0.117. The molecule has 0 aliphatic carbocycles. The molecular weight excluding hydrogens is 484 g/mol. The Bertz CT molecular complexity index is 1340. The van der Waals surface area contributed by atoms with Crippen LogP contribution in [0, 0.1) is 6.92 Å². The lowest BCUT2D eigenvalue weighted by atomic mass is 9.95. The minimum Gasteiger partial charge on any atom is -0.503 e. The van der Waals surface area contributed by atoms with Gasteiger partial charge in [-0.05, 0) is 43.2 Å². The molecule has 9 nitrogen and oxygen atoms in total. The van der Waals surface area contributed by atoms with E-state index in [2.05, 4.69) is 11.6 Å². The van der Waals surface area contributed by atoms with E-state index in [1.165, 1.54) is 23.3 Å². The fourth-order valence-electron chi connectivity index (χ4n) is 3.76. The van der Waals surface area contributed by atoms with E-state index >= 15 is 0 Å². The number of esters is 1. The zero-order chi connectivity index (χ0) is 25.8. The molecule has 0 spiro atoms. The Labute approximate surface area is 211 Å². The van der Waals surface area contributed by atoms with Gasteiger partial charge in [-0.25, -0.2) is 9.78 Å². The molecule has 4 rings (SSSR count). The van der Waals surface area contributed by atoms with Crippen LogP contribution in [-0.2, 0) is 9.53 Å². The number of thiazole rings is 1. The molecule has 0 saturated heterocycles. The number of aromatic nitrogens is 1. The summed E-state index contributed by atoms with van der Waals surface area (Å²) in [5.41, 5.74) is 0.701. The Hall–Kier alpha value is -4.18. The molecule has 1 amide bonds. The van der Waals surface area contributed by atoms with E-state index in [0.29, 0.717) is 23.6 Å². The highest BCUT2D eigenvalue weighted by atomic mass is 32.1. The van der Waals surface area contributed by atoms with Gasteiger partial charge in [0.15, 0.2) is 16.7 Å². The maximum Gasteiger partial charge on any atom is 0.350 e. The Morgan fingerprint density at radius 3 is 2.81 bits per heavy atom. The predicted molar refractivity (Wildman–Crippen MR) is 132 cm³/mol. The number of aryl methyl sites for hydroxylation is 1. The van der Waals surface area contributed by atoms with Crippen molar-refractivity contribution in [1.29, 1.82) is 0 Å². The number of carbonyl (C=O) groups excluding carboxylic acids is 3. The first-order valence-electron chi connectivity index (χ1n) is 11.2. The molecule has 0 bridgehead atoms. The van der Waals surface area contributed by atoms with Crippen molar-refractivity contribution in [3.63, 3.8) is 0 Å². The third-order valence-corrected chi connectivity index (χ3v) is 6.49. The van der Waals surface area contributed by atoms with Gasteiger partial charge in [0.1, 0.15) is 17.2 Å². The van der Waals surface area contributed by atoms with E-state index in [1.54, 1.807) is 37.3 Å². The van der Waals surface area contributed by atoms with E-state index in [4.69, 9.17) is 13.9 Å². The summed E-state index contributed by atoms with van der Waals surface area (Å²) in [5, 5.41) is 11.0. The molecule has 0 fully saturated rings. The van der Waals surface area contributed by atoms with Crippen molar-refractivity contribution in [2.45, 2.75) is 26.3 Å². The number of anilines is 1. The average Bonchev–Trinajstić information content (AvgIpc) is 3.60. The standard InChI is InChI=1S/C26H24N2O7S/c1-4-11-33-17-9-6-8-16(14-17)20-19(21(29)18-10-7-13-34-18)22(30)24(31)28(20)26-27-15(3)23(36-26)25(32)35-12-5-2/h5-10,13-14,20,30H,2,4,11-12H2,1,3H3. The minimum atomic E-state index is -1.04. The summed E-state index contributed by atoms with van der Waals surface area (Å²) < 4.78 is 16.1.